The largest absolute Gasteiger partial charge is 0.352 e. The SMILES string of the molecule is CC[C@@H](C(=O)NC1CCCCC1)N(Cc1ccc(Cl)cc1)C(=O)CN(c1ccc(Cl)cc1)S(=O)(=O)c1ccc(C)cc1. The van der Waals surface area contributed by atoms with Crippen molar-refractivity contribution in [1.82, 2.24) is 10.2 Å². The summed E-state index contributed by atoms with van der Waals surface area (Å²) in [7, 11) is -4.14. The monoisotopic (exact) mass is 629 g/mol. The highest BCUT2D eigenvalue weighted by Gasteiger charge is 2.34. The van der Waals surface area contributed by atoms with E-state index in [1.807, 2.05) is 13.8 Å². The minimum Gasteiger partial charge on any atom is -0.352 e. The average molecular weight is 631 g/mol. The third kappa shape index (κ3) is 8.06. The molecule has 42 heavy (non-hydrogen) atoms. The summed E-state index contributed by atoms with van der Waals surface area (Å²) in [6, 6.07) is 19.1. The Balaban J connectivity index is 1.69. The van der Waals surface area contributed by atoms with Crippen LogP contribution in [0.5, 0.6) is 0 Å². The number of hydrogen-bond donors (Lipinski definition) is 1. The number of aryl methyl sites for hydroxylation is 1. The molecule has 0 heterocycles. The fourth-order valence-corrected chi connectivity index (χ4v) is 6.89. The maximum atomic E-state index is 14.2. The van der Waals surface area contributed by atoms with Crippen molar-refractivity contribution in [2.75, 3.05) is 10.8 Å². The van der Waals surface area contributed by atoms with Crippen molar-refractivity contribution in [2.45, 2.75) is 75.9 Å². The summed E-state index contributed by atoms with van der Waals surface area (Å²) < 4.78 is 29.0. The van der Waals surface area contributed by atoms with Crippen LogP contribution < -0.4 is 9.62 Å². The van der Waals surface area contributed by atoms with Gasteiger partial charge in [0.05, 0.1) is 10.6 Å². The Labute approximate surface area is 258 Å². The molecule has 4 rings (SSSR count). The molecule has 1 atom stereocenters. The third-order valence-corrected chi connectivity index (χ3v) is 9.90. The Morgan fingerprint density at radius 1 is 0.881 bits per heavy atom. The van der Waals surface area contributed by atoms with Crippen LogP contribution in [0.3, 0.4) is 0 Å². The molecule has 0 radical (unpaired) electrons. The normalized spacial score (nSPS) is 14.7. The topological polar surface area (TPSA) is 86.8 Å². The number of carbonyl (C=O) groups excluding carboxylic acids is 2. The lowest BCUT2D eigenvalue weighted by Gasteiger charge is -2.34. The lowest BCUT2D eigenvalue weighted by molar-refractivity contribution is -0.140. The number of sulfonamides is 1. The average Bonchev–Trinajstić information content (AvgIpc) is 2.98. The number of halogens is 2. The Hall–Kier alpha value is -3.07. The molecule has 0 aliphatic heterocycles. The molecule has 3 aromatic rings. The molecule has 0 unspecified atom stereocenters. The van der Waals surface area contributed by atoms with Crippen LogP contribution in [0.4, 0.5) is 5.69 Å². The van der Waals surface area contributed by atoms with E-state index in [1.54, 1.807) is 60.7 Å². The summed E-state index contributed by atoms with van der Waals surface area (Å²) in [5.74, 6) is -0.729. The van der Waals surface area contributed by atoms with E-state index < -0.39 is 28.5 Å². The Morgan fingerprint density at radius 2 is 1.45 bits per heavy atom. The molecule has 1 fully saturated rings. The maximum Gasteiger partial charge on any atom is 0.264 e. The van der Waals surface area contributed by atoms with E-state index in [4.69, 9.17) is 23.2 Å². The molecule has 0 bridgehead atoms. The molecule has 2 amide bonds. The summed E-state index contributed by atoms with van der Waals surface area (Å²) in [4.78, 5) is 29.3. The molecule has 0 aromatic heterocycles. The van der Waals surface area contributed by atoms with Gasteiger partial charge in [-0.2, -0.15) is 0 Å². The first-order chi connectivity index (χ1) is 20.1. The minimum absolute atomic E-state index is 0.0576. The molecule has 1 aliphatic rings. The van der Waals surface area contributed by atoms with E-state index in [9.17, 15) is 18.0 Å². The molecule has 3 aromatic carbocycles. The van der Waals surface area contributed by atoms with Gasteiger partial charge in [-0.1, -0.05) is 79.2 Å². The van der Waals surface area contributed by atoms with Gasteiger partial charge in [-0.25, -0.2) is 8.42 Å². The van der Waals surface area contributed by atoms with E-state index in [2.05, 4.69) is 5.32 Å². The predicted molar refractivity (Wildman–Crippen MR) is 168 cm³/mol. The fourth-order valence-electron chi connectivity index (χ4n) is 5.22. The highest BCUT2D eigenvalue weighted by atomic mass is 35.5. The van der Waals surface area contributed by atoms with Crippen LogP contribution in [-0.4, -0.2) is 43.8 Å². The lowest BCUT2D eigenvalue weighted by atomic mass is 9.95. The Morgan fingerprint density at radius 3 is 2.02 bits per heavy atom. The summed E-state index contributed by atoms with van der Waals surface area (Å²) in [5, 5.41) is 4.14. The van der Waals surface area contributed by atoms with Crippen molar-refractivity contribution in [3.05, 3.63) is 94.0 Å². The van der Waals surface area contributed by atoms with Gasteiger partial charge >= 0.3 is 0 Å². The van der Waals surface area contributed by atoms with Crippen LogP contribution in [0.1, 0.15) is 56.6 Å². The molecular formula is C32H37Cl2N3O4S. The van der Waals surface area contributed by atoms with E-state index in [-0.39, 0.29) is 23.4 Å². The zero-order chi connectivity index (χ0) is 30.3. The van der Waals surface area contributed by atoms with Crippen LogP contribution >= 0.6 is 23.2 Å². The third-order valence-electron chi connectivity index (χ3n) is 7.61. The maximum absolute atomic E-state index is 14.2. The molecule has 1 aliphatic carbocycles. The fraction of sp³-hybridized carbons (Fsp3) is 0.375. The first-order valence-corrected chi connectivity index (χ1v) is 16.5. The van der Waals surface area contributed by atoms with Crippen molar-refractivity contribution >= 4 is 50.7 Å². The molecule has 7 nitrogen and oxygen atoms in total. The van der Waals surface area contributed by atoms with Crippen molar-refractivity contribution < 1.29 is 18.0 Å². The first-order valence-electron chi connectivity index (χ1n) is 14.3. The smallest absolute Gasteiger partial charge is 0.264 e. The standard InChI is InChI=1S/C32H37Cl2N3O4S/c1-3-30(32(39)35-27-7-5-4-6-8-27)36(21-24-11-13-25(33)14-12-24)31(38)22-37(28-17-15-26(34)16-18-28)42(40,41)29-19-9-23(2)10-20-29/h9-20,27,30H,3-8,21-22H2,1-2H3,(H,35,39)/t30-/m0/s1. The Kier molecular flexibility index (Phi) is 10.9. The second-order valence-corrected chi connectivity index (χ2v) is 13.5. The summed E-state index contributed by atoms with van der Waals surface area (Å²) in [5.41, 5.74) is 1.97. The van der Waals surface area contributed by atoms with Crippen LogP contribution in [0, 0.1) is 6.92 Å². The molecule has 0 saturated heterocycles. The number of nitrogens with zero attached hydrogens (tertiary/aromatic N) is 2. The highest BCUT2D eigenvalue weighted by molar-refractivity contribution is 7.92. The van der Waals surface area contributed by atoms with E-state index in [0.29, 0.717) is 22.2 Å². The quantitative estimate of drug-likeness (QED) is 0.254. The number of hydrogen-bond acceptors (Lipinski definition) is 4. The molecule has 1 saturated carbocycles. The van der Waals surface area contributed by atoms with Gasteiger partial charge in [-0.3, -0.25) is 13.9 Å². The minimum atomic E-state index is -4.14. The van der Waals surface area contributed by atoms with Gasteiger partial charge in [0.2, 0.25) is 11.8 Å². The van der Waals surface area contributed by atoms with Crippen LogP contribution in [-0.2, 0) is 26.2 Å². The molecular weight excluding hydrogens is 593 g/mol. The van der Waals surface area contributed by atoms with Gasteiger partial charge < -0.3 is 10.2 Å². The molecule has 1 N–H and O–H groups in total. The zero-order valence-electron chi connectivity index (χ0n) is 23.9. The number of carbonyl (C=O) groups is 2. The molecule has 0 spiro atoms. The number of nitrogens with one attached hydrogen (secondary N) is 1. The summed E-state index contributed by atoms with van der Waals surface area (Å²) >= 11 is 12.2. The summed E-state index contributed by atoms with van der Waals surface area (Å²) in [6.07, 6.45) is 5.45. The van der Waals surface area contributed by atoms with E-state index in [1.165, 1.54) is 17.0 Å². The van der Waals surface area contributed by atoms with E-state index >= 15 is 0 Å². The Bertz CT molecular complexity index is 1460. The van der Waals surface area contributed by atoms with Gasteiger partial charge in [-0.05, 0) is 80.3 Å². The number of amides is 2. The van der Waals surface area contributed by atoms with Crippen molar-refractivity contribution in [2.24, 2.45) is 0 Å². The van der Waals surface area contributed by atoms with Gasteiger partial charge in [-0.15, -0.1) is 0 Å². The van der Waals surface area contributed by atoms with Crippen LogP contribution in [0.15, 0.2) is 77.7 Å². The van der Waals surface area contributed by atoms with Gasteiger partial charge in [0.15, 0.2) is 0 Å². The molecule has 10 heteroatoms. The second-order valence-electron chi connectivity index (χ2n) is 10.7. The van der Waals surface area contributed by atoms with Crippen molar-refractivity contribution in [1.29, 1.82) is 0 Å². The second kappa shape index (κ2) is 14.4. The zero-order valence-corrected chi connectivity index (χ0v) is 26.3. The molecule has 224 valence electrons. The van der Waals surface area contributed by atoms with Crippen molar-refractivity contribution in [3.63, 3.8) is 0 Å². The van der Waals surface area contributed by atoms with Gasteiger partial charge in [0.25, 0.3) is 10.0 Å². The lowest BCUT2D eigenvalue weighted by Crippen LogP contribution is -2.54. The van der Waals surface area contributed by atoms with Gasteiger partial charge in [0.1, 0.15) is 12.6 Å². The van der Waals surface area contributed by atoms with E-state index in [0.717, 1.165) is 47.5 Å². The number of rotatable bonds is 11. The summed E-state index contributed by atoms with van der Waals surface area (Å²) in [6.45, 7) is 3.34. The number of benzene rings is 3. The van der Waals surface area contributed by atoms with Crippen LogP contribution in [0.2, 0.25) is 10.0 Å². The first kappa shape index (κ1) is 31.9. The predicted octanol–water partition coefficient (Wildman–Crippen LogP) is 6.75. The van der Waals surface area contributed by atoms with Crippen molar-refractivity contribution in [3.8, 4) is 0 Å². The van der Waals surface area contributed by atoms with Crippen LogP contribution in [0.25, 0.3) is 0 Å². The van der Waals surface area contributed by atoms with Gasteiger partial charge in [0, 0.05) is 22.6 Å². The number of anilines is 1. The highest BCUT2D eigenvalue weighted by Crippen LogP contribution is 2.27.